The molecule has 1 aromatic carbocycles. The van der Waals surface area contributed by atoms with Crippen LogP contribution in [-0.2, 0) is 11.2 Å². The van der Waals surface area contributed by atoms with Crippen LogP contribution in [-0.4, -0.2) is 27.6 Å². The predicted molar refractivity (Wildman–Crippen MR) is 102 cm³/mol. The summed E-state index contributed by atoms with van der Waals surface area (Å²) in [4.78, 5) is 12.2. The lowest BCUT2D eigenvalue weighted by Gasteiger charge is -2.22. The molecule has 1 aromatic heterocycles. The molecule has 2 rings (SSSR count). The van der Waals surface area contributed by atoms with Gasteiger partial charge in [-0.15, -0.1) is 10.2 Å². The standard InChI is InChI=1S/C19H27N3O3S/c1-5-6-12-26-18-22-21-16(24-18)15(13-14-10-8-7-9-11-14)20-17(23)25-19(2,3)4/h7-11,15H,5-6,12-13H2,1-4H3,(H,20,23). The lowest BCUT2D eigenvalue weighted by molar-refractivity contribution is 0.0494. The van der Waals surface area contributed by atoms with E-state index in [1.807, 2.05) is 51.1 Å². The van der Waals surface area contributed by atoms with Crippen LogP contribution in [0.2, 0.25) is 0 Å². The van der Waals surface area contributed by atoms with Gasteiger partial charge in [-0.3, -0.25) is 0 Å². The fourth-order valence-electron chi connectivity index (χ4n) is 2.22. The molecule has 0 aliphatic heterocycles. The number of carbonyl (C=O) groups is 1. The van der Waals surface area contributed by atoms with Crippen molar-refractivity contribution in [2.75, 3.05) is 5.75 Å². The molecule has 0 radical (unpaired) electrons. The quantitative estimate of drug-likeness (QED) is 0.527. The molecule has 0 aliphatic rings. The molecular weight excluding hydrogens is 350 g/mol. The third-order valence-electron chi connectivity index (χ3n) is 3.42. The normalized spacial score (nSPS) is 12.6. The number of nitrogens with zero attached hydrogens (tertiary/aromatic N) is 2. The summed E-state index contributed by atoms with van der Waals surface area (Å²) in [6.45, 7) is 7.62. The number of thioether (sulfide) groups is 1. The maximum absolute atomic E-state index is 12.2. The van der Waals surface area contributed by atoms with Gasteiger partial charge in [0, 0.05) is 12.2 Å². The second-order valence-corrected chi connectivity index (χ2v) is 8.04. The minimum atomic E-state index is -0.572. The van der Waals surface area contributed by atoms with E-state index in [9.17, 15) is 4.79 Å². The van der Waals surface area contributed by atoms with Gasteiger partial charge in [0.1, 0.15) is 11.6 Å². The SMILES string of the molecule is CCCCSc1nnc(C(Cc2ccccc2)NC(=O)OC(C)(C)C)o1. The van der Waals surface area contributed by atoms with Gasteiger partial charge in [-0.05, 0) is 32.8 Å². The molecule has 0 aliphatic carbocycles. The molecule has 1 unspecified atom stereocenters. The summed E-state index contributed by atoms with van der Waals surface area (Å²) in [7, 11) is 0. The molecule has 1 heterocycles. The molecule has 0 spiro atoms. The van der Waals surface area contributed by atoms with E-state index in [1.54, 1.807) is 0 Å². The highest BCUT2D eigenvalue weighted by Crippen LogP contribution is 2.23. The summed E-state index contributed by atoms with van der Waals surface area (Å²) in [5, 5.41) is 11.6. The van der Waals surface area contributed by atoms with Gasteiger partial charge in [-0.1, -0.05) is 55.4 Å². The molecule has 1 atom stereocenters. The summed E-state index contributed by atoms with van der Waals surface area (Å²) in [6.07, 6.45) is 2.25. The zero-order valence-electron chi connectivity index (χ0n) is 15.8. The highest BCUT2D eigenvalue weighted by atomic mass is 32.2. The molecule has 0 saturated carbocycles. The van der Waals surface area contributed by atoms with Crippen molar-refractivity contribution in [1.82, 2.24) is 15.5 Å². The van der Waals surface area contributed by atoms with Gasteiger partial charge in [0.05, 0.1) is 0 Å². The zero-order chi connectivity index (χ0) is 19.0. The van der Waals surface area contributed by atoms with Crippen LogP contribution in [0.5, 0.6) is 0 Å². The van der Waals surface area contributed by atoms with E-state index in [4.69, 9.17) is 9.15 Å². The Morgan fingerprint density at radius 2 is 2.00 bits per heavy atom. The van der Waals surface area contributed by atoms with Crippen molar-refractivity contribution in [2.45, 2.75) is 63.8 Å². The molecule has 6 nitrogen and oxygen atoms in total. The Hall–Kier alpha value is -2.02. The fraction of sp³-hybridized carbons (Fsp3) is 0.526. The van der Waals surface area contributed by atoms with Gasteiger partial charge >= 0.3 is 6.09 Å². The van der Waals surface area contributed by atoms with Crippen molar-refractivity contribution in [3.05, 3.63) is 41.8 Å². The van der Waals surface area contributed by atoms with Crippen LogP contribution in [0.25, 0.3) is 0 Å². The van der Waals surface area contributed by atoms with Crippen molar-refractivity contribution in [3.63, 3.8) is 0 Å². The van der Waals surface area contributed by atoms with Gasteiger partial charge in [0.2, 0.25) is 5.89 Å². The van der Waals surface area contributed by atoms with Crippen molar-refractivity contribution < 1.29 is 13.9 Å². The number of unbranched alkanes of at least 4 members (excludes halogenated alkanes) is 1. The first-order valence-electron chi connectivity index (χ1n) is 8.87. The topological polar surface area (TPSA) is 77.2 Å². The van der Waals surface area contributed by atoms with E-state index >= 15 is 0 Å². The third kappa shape index (κ3) is 7.07. The molecule has 142 valence electrons. The van der Waals surface area contributed by atoms with Gasteiger partial charge in [0.25, 0.3) is 5.22 Å². The lowest BCUT2D eigenvalue weighted by Crippen LogP contribution is -2.36. The van der Waals surface area contributed by atoms with Gasteiger partial charge in [0.15, 0.2) is 0 Å². The minimum absolute atomic E-state index is 0.388. The summed E-state index contributed by atoms with van der Waals surface area (Å²) >= 11 is 1.53. The summed E-state index contributed by atoms with van der Waals surface area (Å²) in [6, 6.07) is 9.42. The number of carbonyl (C=O) groups excluding carboxylic acids is 1. The maximum Gasteiger partial charge on any atom is 0.408 e. The number of amides is 1. The Bertz CT molecular complexity index is 683. The highest BCUT2D eigenvalue weighted by Gasteiger charge is 2.25. The van der Waals surface area contributed by atoms with E-state index in [1.165, 1.54) is 11.8 Å². The van der Waals surface area contributed by atoms with E-state index in [2.05, 4.69) is 22.4 Å². The molecule has 2 aromatic rings. The Morgan fingerprint density at radius 3 is 2.65 bits per heavy atom. The van der Waals surface area contributed by atoms with E-state index < -0.39 is 17.7 Å². The average molecular weight is 378 g/mol. The number of benzene rings is 1. The van der Waals surface area contributed by atoms with Crippen molar-refractivity contribution >= 4 is 17.9 Å². The van der Waals surface area contributed by atoms with Crippen molar-refractivity contribution in [2.24, 2.45) is 0 Å². The highest BCUT2D eigenvalue weighted by molar-refractivity contribution is 7.99. The van der Waals surface area contributed by atoms with Crippen LogP contribution in [0.4, 0.5) is 4.79 Å². The Labute approximate surface area is 159 Å². The monoisotopic (exact) mass is 377 g/mol. The Kier molecular flexibility index (Phi) is 7.50. The first kappa shape index (κ1) is 20.3. The van der Waals surface area contributed by atoms with Gasteiger partial charge in [-0.25, -0.2) is 4.79 Å². The van der Waals surface area contributed by atoms with Crippen LogP contribution in [0.3, 0.4) is 0 Å². The maximum atomic E-state index is 12.2. The van der Waals surface area contributed by atoms with E-state index in [0.717, 1.165) is 24.2 Å². The number of rotatable bonds is 8. The summed E-state index contributed by atoms with van der Waals surface area (Å²) < 4.78 is 11.1. The fourth-order valence-corrected chi connectivity index (χ4v) is 3.07. The zero-order valence-corrected chi connectivity index (χ0v) is 16.6. The third-order valence-corrected chi connectivity index (χ3v) is 4.32. The molecule has 1 N–H and O–H groups in total. The lowest BCUT2D eigenvalue weighted by atomic mass is 10.1. The van der Waals surface area contributed by atoms with E-state index in [-0.39, 0.29) is 0 Å². The predicted octanol–water partition coefficient (Wildman–Crippen LogP) is 4.77. The second-order valence-electron chi connectivity index (χ2n) is 7.00. The van der Waals surface area contributed by atoms with Crippen LogP contribution >= 0.6 is 11.8 Å². The minimum Gasteiger partial charge on any atom is -0.444 e. The smallest absolute Gasteiger partial charge is 0.408 e. The number of nitrogens with one attached hydrogen (secondary N) is 1. The number of hydrogen-bond acceptors (Lipinski definition) is 6. The first-order chi connectivity index (χ1) is 12.4. The van der Waals surface area contributed by atoms with Crippen LogP contribution in [0.1, 0.15) is 58.0 Å². The molecule has 26 heavy (non-hydrogen) atoms. The molecular formula is C19H27N3O3S. The van der Waals surface area contributed by atoms with Crippen molar-refractivity contribution in [3.8, 4) is 0 Å². The number of ether oxygens (including phenoxy) is 1. The Morgan fingerprint density at radius 1 is 1.27 bits per heavy atom. The molecule has 7 heteroatoms. The van der Waals surface area contributed by atoms with Crippen LogP contribution < -0.4 is 5.32 Å². The van der Waals surface area contributed by atoms with Gasteiger partial charge in [-0.2, -0.15) is 0 Å². The number of hydrogen-bond donors (Lipinski definition) is 1. The largest absolute Gasteiger partial charge is 0.444 e. The van der Waals surface area contributed by atoms with Crippen molar-refractivity contribution in [1.29, 1.82) is 0 Å². The summed E-state index contributed by atoms with van der Waals surface area (Å²) in [5.74, 6) is 1.32. The van der Waals surface area contributed by atoms with Crippen LogP contribution in [0, 0.1) is 0 Å². The molecule has 1 amide bonds. The number of alkyl carbamates (subject to hydrolysis) is 1. The van der Waals surface area contributed by atoms with Gasteiger partial charge < -0.3 is 14.5 Å². The first-order valence-corrected chi connectivity index (χ1v) is 9.85. The molecule has 0 fully saturated rings. The molecule has 0 saturated heterocycles. The summed E-state index contributed by atoms with van der Waals surface area (Å²) in [5.41, 5.74) is 0.490. The Balaban J connectivity index is 2.10. The molecule has 0 bridgehead atoms. The number of aromatic nitrogens is 2. The second kappa shape index (κ2) is 9.62. The average Bonchev–Trinajstić information content (AvgIpc) is 3.03. The van der Waals surface area contributed by atoms with E-state index in [0.29, 0.717) is 17.5 Å². The van der Waals surface area contributed by atoms with Crippen LogP contribution in [0.15, 0.2) is 40.0 Å².